The van der Waals surface area contributed by atoms with Gasteiger partial charge in [0.1, 0.15) is 0 Å². The molecule has 0 spiro atoms. The van der Waals surface area contributed by atoms with Crippen molar-refractivity contribution in [3.05, 3.63) is 74.6 Å². The van der Waals surface area contributed by atoms with E-state index in [2.05, 4.69) is 38.2 Å². The lowest BCUT2D eigenvalue weighted by atomic mass is 9.86. The molecule has 1 fully saturated rings. The normalized spacial score (nSPS) is 16.8. The van der Waals surface area contributed by atoms with Gasteiger partial charge in [-0.15, -0.1) is 0 Å². The number of nitrogens with one attached hydrogen (secondary N) is 2. The van der Waals surface area contributed by atoms with Crippen LogP contribution < -0.4 is 15.8 Å². The summed E-state index contributed by atoms with van der Waals surface area (Å²) < 4.78 is 0. The van der Waals surface area contributed by atoms with Gasteiger partial charge in [-0.25, -0.2) is 4.79 Å². The number of carbonyl (C=O) groups excluding carboxylic acids is 1. The van der Waals surface area contributed by atoms with E-state index in [-0.39, 0.29) is 30.1 Å². The number of hydrogen-bond donors (Lipinski definition) is 3. The second kappa shape index (κ2) is 13.2. The zero-order chi connectivity index (χ0) is 32.3. The third-order valence-electron chi connectivity index (χ3n) is 8.67. The molecule has 236 valence electrons. The Balaban J connectivity index is 1.67. The van der Waals surface area contributed by atoms with Crippen LogP contribution in [0.5, 0.6) is 0 Å². The van der Waals surface area contributed by atoms with Gasteiger partial charge >= 0.3 is 6.09 Å². The zero-order valence-corrected chi connectivity index (χ0v) is 27.2. The number of amides is 2. The Bertz CT molecular complexity index is 1570. The van der Waals surface area contributed by atoms with Crippen molar-refractivity contribution < 1.29 is 14.7 Å². The van der Waals surface area contributed by atoms with Crippen molar-refractivity contribution in [2.45, 2.75) is 105 Å². The first-order chi connectivity index (χ1) is 20.7. The number of rotatable bonds is 8. The van der Waals surface area contributed by atoms with Crippen LogP contribution in [0.15, 0.2) is 35.4 Å². The first kappa shape index (κ1) is 32.7. The molecule has 0 radical (unpaired) electrons. The highest BCUT2D eigenvalue weighted by molar-refractivity contribution is 5.98. The minimum atomic E-state index is -0.880. The summed E-state index contributed by atoms with van der Waals surface area (Å²) in [5.74, 6) is -0.271. The highest BCUT2D eigenvalue weighted by Gasteiger charge is 2.37. The third-order valence-corrected chi connectivity index (χ3v) is 8.67. The van der Waals surface area contributed by atoms with E-state index in [1.165, 1.54) is 0 Å². The van der Waals surface area contributed by atoms with Crippen LogP contribution in [0.1, 0.15) is 91.8 Å². The fourth-order valence-electron chi connectivity index (χ4n) is 6.53. The van der Waals surface area contributed by atoms with E-state index >= 15 is 0 Å². The number of H-pyrrole nitrogens is 1. The monoisotopic (exact) mass is 602 g/mol. The summed E-state index contributed by atoms with van der Waals surface area (Å²) in [5.41, 5.74) is 5.99. The Morgan fingerprint density at radius 3 is 2.20 bits per heavy atom. The molecule has 2 aromatic heterocycles. The Kier molecular flexibility index (Phi) is 9.81. The van der Waals surface area contributed by atoms with Crippen molar-refractivity contribution in [2.75, 3.05) is 11.4 Å². The molecule has 3 N–H and O–H groups in total. The summed E-state index contributed by atoms with van der Waals surface area (Å²) >= 11 is 0. The summed E-state index contributed by atoms with van der Waals surface area (Å²) in [6.45, 7) is 16.3. The lowest BCUT2D eigenvalue weighted by Gasteiger charge is -2.45. The highest BCUT2D eigenvalue weighted by Crippen LogP contribution is 2.36. The molecule has 3 aromatic rings. The number of carbonyl (C=O) groups is 2. The van der Waals surface area contributed by atoms with Crippen molar-refractivity contribution in [3.63, 3.8) is 0 Å². The average Bonchev–Trinajstić information content (AvgIpc) is 2.94. The van der Waals surface area contributed by atoms with E-state index in [9.17, 15) is 19.5 Å². The van der Waals surface area contributed by atoms with Gasteiger partial charge in [0.2, 0.25) is 0 Å². The van der Waals surface area contributed by atoms with Gasteiger partial charge in [-0.05, 0) is 110 Å². The molecule has 2 heterocycles. The van der Waals surface area contributed by atoms with Crippen molar-refractivity contribution in [1.29, 1.82) is 0 Å². The largest absolute Gasteiger partial charge is 0.465 e. The molecule has 2 amide bonds. The molecule has 10 nitrogen and oxygen atoms in total. The molecule has 0 bridgehead atoms. The molecule has 0 aliphatic heterocycles. The van der Waals surface area contributed by atoms with E-state index in [4.69, 9.17) is 0 Å². The Hall–Kier alpha value is -4.21. The Labute approximate surface area is 259 Å². The van der Waals surface area contributed by atoms with Gasteiger partial charge in [-0.1, -0.05) is 0 Å². The number of aromatic nitrogens is 3. The quantitative estimate of drug-likeness (QED) is 0.292. The first-order valence-electron chi connectivity index (χ1n) is 15.4. The van der Waals surface area contributed by atoms with Gasteiger partial charge < -0.3 is 25.2 Å². The van der Waals surface area contributed by atoms with Crippen LogP contribution >= 0.6 is 0 Å². The van der Waals surface area contributed by atoms with Gasteiger partial charge in [-0.2, -0.15) is 0 Å². The Morgan fingerprint density at radius 1 is 1.00 bits per heavy atom. The maximum Gasteiger partial charge on any atom is 0.407 e. The first-order valence-corrected chi connectivity index (χ1v) is 15.4. The van der Waals surface area contributed by atoms with Gasteiger partial charge in [-0.3, -0.25) is 19.6 Å². The van der Waals surface area contributed by atoms with E-state index in [0.29, 0.717) is 16.8 Å². The fourth-order valence-corrected chi connectivity index (χ4v) is 6.53. The number of anilines is 1. The van der Waals surface area contributed by atoms with Gasteiger partial charge in [0.25, 0.3) is 11.5 Å². The van der Waals surface area contributed by atoms with Crippen LogP contribution in [0.2, 0.25) is 0 Å². The second-order valence-corrected chi connectivity index (χ2v) is 12.9. The Morgan fingerprint density at radius 2 is 1.66 bits per heavy atom. The van der Waals surface area contributed by atoms with Crippen LogP contribution in [0.4, 0.5) is 10.5 Å². The molecule has 10 heteroatoms. The zero-order valence-electron chi connectivity index (χ0n) is 27.2. The van der Waals surface area contributed by atoms with Crippen molar-refractivity contribution in [2.24, 2.45) is 0 Å². The van der Waals surface area contributed by atoms with Crippen LogP contribution in [-0.2, 0) is 6.54 Å². The molecule has 0 saturated heterocycles. The minimum Gasteiger partial charge on any atom is -0.465 e. The lowest BCUT2D eigenvalue weighted by molar-refractivity contribution is 0.0545. The standard InChI is InChI=1S/C34H46N6O4/c1-9-39(25-10-12-26(13-11-25)40(33(43)44)34(6,7)8)30-16-24(29-19-35-22(4)17-36-29)15-27(23(30)5)31(41)37-18-28-20(2)14-21(3)38-32(28)42/h14-17,19,25-26H,9-13,18H2,1-8H3,(H,37,41)(H,38,42)(H,43,44). The second-order valence-electron chi connectivity index (χ2n) is 12.9. The van der Waals surface area contributed by atoms with E-state index in [1.54, 1.807) is 17.3 Å². The summed E-state index contributed by atoms with van der Waals surface area (Å²) in [6.07, 6.45) is 5.76. The van der Waals surface area contributed by atoms with E-state index in [0.717, 1.165) is 66.0 Å². The summed E-state index contributed by atoms with van der Waals surface area (Å²) in [4.78, 5) is 54.2. The van der Waals surface area contributed by atoms with Crippen LogP contribution in [0.3, 0.4) is 0 Å². The van der Waals surface area contributed by atoms with Crippen LogP contribution in [0, 0.1) is 27.7 Å². The molecule has 1 aliphatic carbocycles. The number of hydrogen-bond acceptors (Lipinski definition) is 6. The number of carboxylic acid groups (broad SMARTS) is 1. The number of aryl methyl sites for hydroxylation is 3. The molecule has 0 unspecified atom stereocenters. The summed E-state index contributed by atoms with van der Waals surface area (Å²) in [6, 6.07) is 5.98. The smallest absolute Gasteiger partial charge is 0.407 e. The van der Waals surface area contributed by atoms with E-state index in [1.807, 2.05) is 60.6 Å². The summed E-state index contributed by atoms with van der Waals surface area (Å²) in [7, 11) is 0. The van der Waals surface area contributed by atoms with Gasteiger partial charge in [0, 0.05) is 65.0 Å². The molecule has 0 atom stereocenters. The molecule has 1 aliphatic rings. The topological polar surface area (TPSA) is 132 Å². The third kappa shape index (κ3) is 7.11. The predicted molar refractivity (Wildman–Crippen MR) is 173 cm³/mol. The highest BCUT2D eigenvalue weighted by atomic mass is 16.4. The molecule has 1 aromatic carbocycles. The van der Waals surface area contributed by atoms with E-state index < -0.39 is 11.6 Å². The van der Waals surface area contributed by atoms with Gasteiger partial charge in [0.05, 0.1) is 17.6 Å². The van der Waals surface area contributed by atoms with Crippen LogP contribution in [0.25, 0.3) is 11.3 Å². The molecule has 44 heavy (non-hydrogen) atoms. The average molecular weight is 603 g/mol. The summed E-state index contributed by atoms with van der Waals surface area (Å²) in [5, 5.41) is 12.9. The molecule has 4 rings (SSSR count). The molecule has 1 saturated carbocycles. The maximum atomic E-state index is 13.7. The van der Waals surface area contributed by atoms with Crippen molar-refractivity contribution >= 4 is 17.7 Å². The lowest BCUT2D eigenvalue weighted by Crippen LogP contribution is -2.53. The van der Waals surface area contributed by atoms with Crippen molar-refractivity contribution in [3.8, 4) is 11.3 Å². The predicted octanol–water partition coefficient (Wildman–Crippen LogP) is 5.91. The molecular formula is C34H46N6O4. The maximum absolute atomic E-state index is 13.7. The van der Waals surface area contributed by atoms with Crippen molar-refractivity contribution in [1.82, 2.24) is 25.2 Å². The minimum absolute atomic E-state index is 0.0348. The fraction of sp³-hybridized carbons (Fsp3) is 0.500. The number of benzene rings is 1. The number of aromatic amines is 1. The number of pyridine rings is 1. The molecular weight excluding hydrogens is 556 g/mol. The van der Waals surface area contributed by atoms with Gasteiger partial charge in [0.15, 0.2) is 0 Å². The van der Waals surface area contributed by atoms with Crippen LogP contribution in [-0.4, -0.2) is 61.1 Å². The SMILES string of the molecule is CCN(c1cc(-c2cnc(C)cn2)cc(C(=O)NCc2c(C)cc(C)[nH]c2=O)c1C)C1CCC(N(C(=O)O)C(C)(C)C)CC1. The number of nitrogens with zero attached hydrogens (tertiary/aromatic N) is 4.